The van der Waals surface area contributed by atoms with Gasteiger partial charge in [-0.2, -0.15) is 0 Å². The zero-order valence-electron chi connectivity index (χ0n) is 20.9. The number of amides is 2. The topological polar surface area (TPSA) is 80.6 Å². The Balaban J connectivity index is 1.65. The van der Waals surface area contributed by atoms with Crippen LogP contribution in [-0.2, 0) is 23.2 Å². The fourth-order valence-corrected chi connectivity index (χ4v) is 5.92. The number of nitrogens with zero attached hydrogens (tertiary/aromatic N) is 2. The van der Waals surface area contributed by atoms with Crippen LogP contribution in [0.4, 0.5) is 5.69 Å². The fourth-order valence-electron chi connectivity index (χ4n) is 4.85. The number of fused-ring (bicyclic) bond motifs is 3. The number of carbonyl (C=O) groups is 3. The van der Waals surface area contributed by atoms with Crippen LogP contribution >= 0.6 is 11.8 Å². The summed E-state index contributed by atoms with van der Waals surface area (Å²) in [6.07, 6.45) is 0. The zero-order chi connectivity index (χ0) is 26.1. The molecule has 37 heavy (non-hydrogen) atoms. The van der Waals surface area contributed by atoms with Gasteiger partial charge < -0.3 is 14.6 Å². The van der Waals surface area contributed by atoms with Crippen molar-refractivity contribution in [3.63, 3.8) is 0 Å². The number of thioether (sulfide) groups is 1. The van der Waals surface area contributed by atoms with Crippen LogP contribution in [0.15, 0.2) is 77.8 Å². The summed E-state index contributed by atoms with van der Waals surface area (Å²) in [5, 5.41) is 4.83. The molecule has 5 rings (SSSR count). The monoisotopic (exact) mass is 513 g/mol. The van der Waals surface area contributed by atoms with Crippen molar-refractivity contribution in [1.29, 1.82) is 0 Å². The number of carbonyl (C=O) groups excluding carboxylic acids is 3. The van der Waals surface area contributed by atoms with Crippen molar-refractivity contribution in [1.82, 2.24) is 9.88 Å². The van der Waals surface area contributed by atoms with Gasteiger partial charge in [0.05, 0.1) is 17.9 Å². The molecular formula is C29H27N3O4S. The second-order valence-electron chi connectivity index (χ2n) is 8.89. The predicted molar refractivity (Wildman–Crippen MR) is 145 cm³/mol. The van der Waals surface area contributed by atoms with E-state index in [1.165, 1.54) is 23.6 Å². The molecule has 8 heteroatoms. The average molecular weight is 514 g/mol. The Morgan fingerprint density at radius 1 is 1.05 bits per heavy atom. The van der Waals surface area contributed by atoms with Crippen LogP contribution in [0.25, 0.3) is 10.9 Å². The maximum Gasteiger partial charge on any atom is 0.248 e. The number of ether oxygens (including phenoxy) is 1. The van der Waals surface area contributed by atoms with Gasteiger partial charge in [0, 0.05) is 46.9 Å². The quantitative estimate of drug-likeness (QED) is 0.372. The normalized spacial score (nSPS) is 15.3. The number of nitrogens with one attached hydrogen (secondary N) is 1. The fraction of sp³-hybridized carbons (Fsp3) is 0.207. The number of methoxy groups -OCH3 is 1. The van der Waals surface area contributed by atoms with Gasteiger partial charge in [0.15, 0.2) is 5.78 Å². The van der Waals surface area contributed by atoms with Gasteiger partial charge in [0.2, 0.25) is 11.8 Å². The van der Waals surface area contributed by atoms with E-state index in [-0.39, 0.29) is 29.9 Å². The third kappa shape index (κ3) is 4.49. The lowest BCUT2D eigenvalue weighted by Crippen LogP contribution is -2.44. The number of hydrogen-bond acceptors (Lipinski definition) is 5. The molecule has 1 aliphatic rings. The first-order chi connectivity index (χ1) is 17.9. The Labute approximate surface area is 219 Å². The molecule has 4 aromatic rings. The van der Waals surface area contributed by atoms with Gasteiger partial charge in [-0.25, -0.2) is 0 Å². The van der Waals surface area contributed by atoms with Crippen molar-refractivity contribution in [3.05, 3.63) is 89.5 Å². The Morgan fingerprint density at radius 2 is 1.81 bits per heavy atom. The summed E-state index contributed by atoms with van der Waals surface area (Å²) < 4.78 is 7.49. The second-order valence-corrected chi connectivity index (χ2v) is 9.85. The molecule has 0 spiro atoms. The van der Waals surface area contributed by atoms with Crippen LogP contribution in [0.1, 0.15) is 34.5 Å². The predicted octanol–water partition coefficient (Wildman–Crippen LogP) is 4.89. The van der Waals surface area contributed by atoms with E-state index < -0.39 is 6.04 Å². The molecule has 2 heterocycles. The molecule has 0 bridgehead atoms. The highest BCUT2D eigenvalue weighted by Crippen LogP contribution is 2.43. The van der Waals surface area contributed by atoms with Crippen LogP contribution in [0.3, 0.4) is 0 Å². The third-order valence-corrected chi connectivity index (χ3v) is 7.81. The number of hydrogen-bond donors (Lipinski definition) is 1. The highest BCUT2D eigenvalue weighted by molar-refractivity contribution is 8.00. The standard InChI is InChI=1S/C29H27N3O4S/c1-18(33)19-10-8-11-21(15-19)32-25(34)17-37-29-26(22-12-5-6-13-23(22)31(29)2)27(32)28(35)30-16-20-9-4-7-14-24(20)36-3/h4-15,27H,16-17H2,1-3H3,(H,30,35). The van der Waals surface area contributed by atoms with Gasteiger partial charge in [-0.1, -0.05) is 60.3 Å². The Morgan fingerprint density at radius 3 is 2.59 bits per heavy atom. The van der Waals surface area contributed by atoms with Crippen molar-refractivity contribution in [3.8, 4) is 5.75 Å². The van der Waals surface area contributed by atoms with E-state index >= 15 is 0 Å². The van der Waals surface area contributed by atoms with Crippen molar-refractivity contribution in [2.24, 2.45) is 7.05 Å². The Bertz CT molecular complexity index is 1530. The van der Waals surface area contributed by atoms with Crippen LogP contribution in [0, 0.1) is 0 Å². The minimum Gasteiger partial charge on any atom is -0.496 e. The van der Waals surface area contributed by atoms with E-state index in [0.29, 0.717) is 17.0 Å². The van der Waals surface area contributed by atoms with Crippen molar-refractivity contribution in [2.75, 3.05) is 17.8 Å². The smallest absolute Gasteiger partial charge is 0.248 e. The van der Waals surface area contributed by atoms with E-state index in [1.807, 2.05) is 60.1 Å². The van der Waals surface area contributed by atoms with Gasteiger partial charge in [-0.05, 0) is 31.2 Å². The second kappa shape index (κ2) is 10.1. The summed E-state index contributed by atoms with van der Waals surface area (Å²) in [7, 11) is 3.54. The van der Waals surface area contributed by atoms with Crippen LogP contribution in [0.2, 0.25) is 0 Å². The number of anilines is 1. The maximum atomic E-state index is 14.1. The minimum absolute atomic E-state index is 0.110. The molecule has 0 saturated heterocycles. The molecule has 0 aliphatic carbocycles. The first-order valence-electron chi connectivity index (χ1n) is 11.9. The number of para-hydroxylation sites is 2. The number of aromatic nitrogens is 1. The average Bonchev–Trinajstić information content (AvgIpc) is 3.09. The molecule has 2 amide bonds. The largest absolute Gasteiger partial charge is 0.496 e. The van der Waals surface area contributed by atoms with E-state index in [9.17, 15) is 14.4 Å². The number of rotatable bonds is 6. The van der Waals surface area contributed by atoms with Crippen LogP contribution < -0.4 is 15.0 Å². The molecule has 1 atom stereocenters. The maximum absolute atomic E-state index is 14.1. The number of benzene rings is 3. The number of Topliss-reactive ketones (excluding diaryl/α,β-unsaturated/α-hetero) is 1. The number of ketones is 1. The molecule has 188 valence electrons. The lowest BCUT2D eigenvalue weighted by molar-refractivity contribution is -0.125. The molecule has 1 unspecified atom stereocenters. The SMILES string of the molecule is COc1ccccc1CNC(=O)C1c2c(n(C)c3ccccc23)SCC(=O)N1c1cccc(C(C)=O)c1. The molecule has 1 aromatic heterocycles. The lowest BCUT2D eigenvalue weighted by atomic mass is 10.0. The van der Waals surface area contributed by atoms with E-state index in [0.717, 1.165) is 27.1 Å². The van der Waals surface area contributed by atoms with Gasteiger partial charge in [-0.15, -0.1) is 0 Å². The molecular weight excluding hydrogens is 486 g/mol. The third-order valence-electron chi connectivity index (χ3n) is 6.65. The lowest BCUT2D eigenvalue weighted by Gasteiger charge is -2.30. The first-order valence-corrected chi connectivity index (χ1v) is 12.9. The highest BCUT2D eigenvalue weighted by Gasteiger charge is 2.39. The van der Waals surface area contributed by atoms with Gasteiger partial charge >= 0.3 is 0 Å². The van der Waals surface area contributed by atoms with Gasteiger partial charge in [0.25, 0.3) is 0 Å². The summed E-state index contributed by atoms with van der Waals surface area (Å²) in [4.78, 5) is 41.3. The molecule has 3 aromatic carbocycles. The molecule has 0 saturated carbocycles. The van der Waals surface area contributed by atoms with Crippen molar-refractivity contribution < 1.29 is 19.1 Å². The van der Waals surface area contributed by atoms with Crippen LogP contribution in [-0.4, -0.2) is 35.0 Å². The summed E-state index contributed by atoms with van der Waals surface area (Å²) in [6, 6.07) is 21.4. The van der Waals surface area contributed by atoms with Crippen molar-refractivity contribution >= 4 is 45.9 Å². The van der Waals surface area contributed by atoms with E-state index in [1.54, 1.807) is 31.4 Å². The summed E-state index contributed by atoms with van der Waals surface area (Å²) in [5.74, 6) is 0.210. The summed E-state index contributed by atoms with van der Waals surface area (Å²) in [5.41, 5.74) is 3.58. The van der Waals surface area contributed by atoms with Gasteiger partial charge in [-0.3, -0.25) is 19.3 Å². The van der Waals surface area contributed by atoms with E-state index in [4.69, 9.17) is 4.74 Å². The highest BCUT2D eigenvalue weighted by atomic mass is 32.2. The minimum atomic E-state index is -0.930. The first kappa shape index (κ1) is 24.6. The van der Waals surface area contributed by atoms with E-state index in [2.05, 4.69) is 5.32 Å². The zero-order valence-corrected chi connectivity index (χ0v) is 21.7. The number of aryl methyl sites for hydroxylation is 1. The Kier molecular flexibility index (Phi) is 6.76. The molecule has 0 radical (unpaired) electrons. The molecule has 1 aliphatic heterocycles. The van der Waals surface area contributed by atoms with Crippen LogP contribution in [0.5, 0.6) is 5.75 Å². The van der Waals surface area contributed by atoms with Gasteiger partial charge in [0.1, 0.15) is 11.8 Å². The molecule has 0 fully saturated rings. The molecule has 1 N–H and O–H groups in total. The molecule has 7 nitrogen and oxygen atoms in total. The Hall–Kier alpha value is -4.04. The van der Waals surface area contributed by atoms with Crippen molar-refractivity contribution in [2.45, 2.75) is 24.5 Å². The summed E-state index contributed by atoms with van der Waals surface area (Å²) in [6.45, 7) is 1.72. The summed E-state index contributed by atoms with van der Waals surface area (Å²) >= 11 is 1.43.